The van der Waals surface area contributed by atoms with Crippen molar-refractivity contribution in [3.05, 3.63) is 59.5 Å². The largest absolute Gasteiger partial charge is 0.496 e. The average Bonchev–Trinajstić information content (AvgIpc) is 2.88. The van der Waals surface area contributed by atoms with Crippen molar-refractivity contribution in [2.45, 2.75) is 12.2 Å². The van der Waals surface area contributed by atoms with Gasteiger partial charge >= 0.3 is 0 Å². The summed E-state index contributed by atoms with van der Waals surface area (Å²) in [6.45, 7) is 1.93. The molecule has 1 amide bonds. The molecule has 1 aromatic carbocycles. The van der Waals surface area contributed by atoms with E-state index in [1.54, 1.807) is 42.0 Å². The van der Waals surface area contributed by atoms with Crippen molar-refractivity contribution in [2.75, 3.05) is 18.2 Å². The van der Waals surface area contributed by atoms with Gasteiger partial charge in [0, 0.05) is 23.5 Å². The summed E-state index contributed by atoms with van der Waals surface area (Å²) in [6.07, 6.45) is 3.30. The lowest BCUT2D eigenvalue weighted by Crippen LogP contribution is -2.16. The summed E-state index contributed by atoms with van der Waals surface area (Å²) in [5.74, 6) is 2.08. The van der Waals surface area contributed by atoms with Crippen LogP contribution in [0.4, 0.5) is 5.82 Å². The number of amides is 1. The van der Waals surface area contributed by atoms with Crippen LogP contribution in [-0.2, 0) is 4.79 Å². The minimum atomic E-state index is -0.0856. The van der Waals surface area contributed by atoms with Gasteiger partial charge in [-0.25, -0.2) is 9.97 Å². The second-order valence-electron chi connectivity index (χ2n) is 5.79. The number of fused-ring (bicyclic) bond motifs is 1. The number of aromatic nitrogens is 4. The van der Waals surface area contributed by atoms with E-state index in [-0.39, 0.29) is 11.2 Å². The standard InChI is InChI=1S/C18H17N5O2S/c1-11-15-16(12-6-3-4-7-13(12)25-2)26-10-14(24)21-17(15)23(22-11)18-19-8-5-9-20-18/h3-9,16H,10H2,1-2H3,(H,21,24). The van der Waals surface area contributed by atoms with Gasteiger partial charge in [-0.3, -0.25) is 4.79 Å². The lowest BCUT2D eigenvalue weighted by Gasteiger charge is -2.18. The Morgan fingerprint density at radius 1 is 1.23 bits per heavy atom. The van der Waals surface area contributed by atoms with E-state index in [0.29, 0.717) is 17.5 Å². The summed E-state index contributed by atoms with van der Waals surface area (Å²) in [5, 5.41) is 7.47. The molecule has 0 radical (unpaired) electrons. The molecule has 0 fully saturated rings. The van der Waals surface area contributed by atoms with Crippen LogP contribution in [-0.4, -0.2) is 38.5 Å². The predicted molar refractivity (Wildman–Crippen MR) is 99.8 cm³/mol. The van der Waals surface area contributed by atoms with Gasteiger partial charge in [-0.1, -0.05) is 18.2 Å². The molecular weight excluding hydrogens is 350 g/mol. The molecule has 0 aliphatic carbocycles. The van der Waals surface area contributed by atoms with Gasteiger partial charge in [0.15, 0.2) is 0 Å². The minimum absolute atomic E-state index is 0.0780. The smallest absolute Gasteiger partial charge is 0.252 e. The van der Waals surface area contributed by atoms with Gasteiger partial charge in [0.2, 0.25) is 5.91 Å². The highest BCUT2D eigenvalue weighted by Gasteiger charge is 2.32. The minimum Gasteiger partial charge on any atom is -0.496 e. The highest BCUT2D eigenvalue weighted by molar-refractivity contribution is 8.00. The number of rotatable bonds is 3. The lowest BCUT2D eigenvalue weighted by molar-refractivity contribution is -0.113. The van der Waals surface area contributed by atoms with E-state index in [1.807, 2.05) is 31.2 Å². The predicted octanol–water partition coefficient (Wildman–Crippen LogP) is 2.75. The van der Waals surface area contributed by atoms with Crippen molar-refractivity contribution in [3.63, 3.8) is 0 Å². The molecule has 3 aromatic rings. The number of thioether (sulfide) groups is 1. The maximum absolute atomic E-state index is 12.3. The van der Waals surface area contributed by atoms with Crippen molar-refractivity contribution in [1.82, 2.24) is 19.7 Å². The Balaban J connectivity index is 1.92. The van der Waals surface area contributed by atoms with Crippen LogP contribution < -0.4 is 10.1 Å². The Kier molecular flexibility index (Phi) is 4.34. The quantitative estimate of drug-likeness (QED) is 0.767. The number of aryl methyl sites for hydroxylation is 1. The van der Waals surface area contributed by atoms with Crippen LogP contribution >= 0.6 is 11.8 Å². The topological polar surface area (TPSA) is 81.9 Å². The van der Waals surface area contributed by atoms with Crippen molar-refractivity contribution in [2.24, 2.45) is 0 Å². The van der Waals surface area contributed by atoms with Crippen LogP contribution in [0.2, 0.25) is 0 Å². The summed E-state index contributed by atoms with van der Waals surface area (Å²) in [7, 11) is 1.65. The molecule has 1 unspecified atom stereocenters. The number of hydrogen-bond acceptors (Lipinski definition) is 6. The zero-order chi connectivity index (χ0) is 18.1. The Morgan fingerprint density at radius 2 is 2.00 bits per heavy atom. The van der Waals surface area contributed by atoms with Crippen LogP contribution in [0.1, 0.15) is 22.1 Å². The summed E-state index contributed by atoms with van der Waals surface area (Å²) >= 11 is 1.55. The molecule has 1 N–H and O–H groups in total. The molecule has 1 aliphatic heterocycles. The molecule has 8 heteroatoms. The lowest BCUT2D eigenvalue weighted by atomic mass is 10.0. The zero-order valence-corrected chi connectivity index (χ0v) is 15.2. The fraction of sp³-hybridized carbons (Fsp3) is 0.222. The normalized spacial score (nSPS) is 16.5. The number of nitrogens with zero attached hydrogens (tertiary/aromatic N) is 4. The number of ether oxygens (including phenoxy) is 1. The number of anilines is 1. The van der Waals surface area contributed by atoms with Gasteiger partial charge < -0.3 is 10.1 Å². The van der Waals surface area contributed by atoms with E-state index in [2.05, 4.69) is 20.4 Å². The molecular formula is C18H17N5O2S. The Morgan fingerprint density at radius 3 is 2.77 bits per heavy atom. The number of benzene rings is 1. The van der Waals surface area contributed by atoms with E-state index in [0.717, 1.165) is 22.6 Å². The fourth-order valence-corrected chi connectivity index (χ4v) is 4.27. The van der Waals surface area contributed by atoms with Crippen LogP contribution in [0.3, 0.4) is 0 Å². The SMILES string of the molecule is COc1ccccc1C1SCC(=O)Nc2c1c(C)nn2-c1ncccn1. The van der Waals surface area contributed by atoms with Gasteiger partial charge in [0.25, 0.3) is 5.95 Å². The van der Waals surface area contributed by atoms with E-state index in [4.69, 9.17) is 4.74 Å². The molecule has 0 bridgehead atoms. The van der Waals surface area contributed by atoms with Crippen LogP contribution in [0.25, 0.3) is 5.95 Å². The molecule has 7 nitrogen and oxygen atoms in total. The first-order valence-corrected chi connectivity index (χ1v) is 9.15. The van der Waals surface area contributed by atoms with Crippen molar-refractivity contribution >= 4 is 23.5 Å². The summed E-state index contributed by atoms with van der Waals surface area (Å²) in [4.78, 5) is 20.9. The van der Waals surface area contributed by atoms with E-state index in [9.17, 15) is 4.79 Å². The molecule has 1 aliphatic rings. The maximum atomic E-state index is 12.3. The molecule has 2 aromatic heterocycles. The number of carbonyl (C=O) groups is 1. The summed E-state index contributed by atoms with van der Waals surface area (Å²) in [5.41, 5.74) is 2.77. The first-order chi connectivity index (χ1) is 12.7. The zero-order valence-electron chi connectivity index (χ0n) is 14.3. The third-order valence-corrected chi connectivity index (χ3v) is 5.42. The molecule has 26 heavy (non-hydrogen) atoms. The average molecular weight is 367 g/mol. The van der Waals surface area contributed by atoms with Gasteiger partial charge in [-0.15, -0.1) is 11.8 Å². The van der Waals surface area contributed by atoms with Crippen molar-refractivity contribution in [1.29, 1.82) is 0 Å². The van der Waals surface area contributed by atoms with Crippen LogP contribution in [0.15, 0.2) is 42.7 Å². The highest BCUT2D eigenvalue weighted by atomic mass is 32.2. The Bertz CT molecular complexity index is 957. The highest BCUT2D eigenvalue weighted by Crippen LogP contribution is 2.46. The first-order valence-electron chi connectivity index (χ1n) is 8.10. The Labute approximate surface area is 154 Å². The molecule has 0 saturated heterocycles. The number of hydrogen-bond donors (Lipinski definition) is 1. The third kappa shape index (κ3) is 2.82. The molecule has 0 spiro atoms. The first kappa shape index (κ1) is 16.6. The van der Waals surface area contributed by atoms with E-state index >= 15 is 0 Å². The van der Waals surface area contributed by atoms with Gasteiger partial charge in [-0.2, -0.15) is 9.78 Å². The monoisotopic (exact) mass is 367 g/mol. The van der Waals surface area contributed by atoms with Crippen molar-refractivity contribution in [3.8, 4) is 11.7 Å². The van der Waals surface area contributed by atoms with Gasteiger partial charge in [-0.05, 0) is 19.1 Å². The van der Waals surface area contributed by atoms with E-state index < -0.39 is 0 Å². The molecule has 4 rings (SSSR count). The van der Waals surface area contributed by atoms with Crippen LogP contribution in [0.5, 0.6) is 5.75 Å². The number of methoxy groups -OCH3 is 1. The summed E-state index contributed by atoms with van der Waals surface area (Å²) in [6, 6.07) is 9.59. The third-order valence-electron chi connectivity index (χ3n) is 4.17. The maximum Gasteiger partial charge on any atom is 0.252 e. The Hall–Kier alpha value is -2.87. The second kappa shape index (κ2) is 6.80. The molecule has 132 valence electrons. The number of carbonyl (C=O) groups excluding carboxylic acids is 1. The molecule has 1 atom stereocenters. The van der Waals surface area contributed by atoms with Crippen molar-refractivity contribution < 1.29 is 9.53 Å². The number of nitrogens with one attached hydrogen (secondary N) is 1. The second-order valence-corrected chi connectivity index (χ2v) is 6.88. The fourth-order valence-electron chi connectivity index (χ4n) is 3.06. The number of para-hydroxylation sites is 1. The van der Waals surface area contributed by atoms with Gasteiger partial charge in [0.1, 0.15) is 11.6 Å². The molecule has 0 saturated carbocycles. The van der Waals surface area contributed by atoms with Crippen LogP contribution in [0, 0.1) is 6.92 Å². The summed E-state index contributed by atoms with van der Waals surface area (Å²) < 4.78 is 7.14. The molecule has 3 heterocycles. The van der Waals surface area contributed by atoms with Gasteiger partial charge in [0.05, 0.1) is 23.8 Å². The van der Waals surface area contributed by atoms with E-state index in [1.165, 1.54) is 0 Å².